The topological polar surface area (TPSA) is 95.9 Å². The third-order valence-electron chi connectivity index (χ3n) is 11.7. The van der Waals surface area contributed by atoms with Crippen molar-refractivity contribution in [2.24, 2.45) is 0 Å². The summed E-state index contributed by atoms with van der Waals surface area (Å²) in [5, 5.41) is 23.7. The van der Waals surface area contributed by atoms with Gasteiger partial charge in [-0.05, 0) is 57.8 Å². The lowest BCUT2D eigenvalue weighted by Gasteiger charge is -2.24. The fraction of sp³-hybridized carbons (Fsp3) is 0.849. The van der Waals surface area contributed by atoms with Crippen molar-refractivity contribution in [3.05, 3.63) is 36.5 Å². The molecular formula is C53H99NO5. The van der Waals surface area contributed by atoms with Gasteiger partial charge in [-0.1, -0.05) is 231 Å². The number of rotatable bonds is 46. The normalized spacial score (nSPS) is 13.5. The fourth-order valence-corrected chi connectivity index (χ4v) is 7.86. The SMILES string of the molecule is CC/C=C/C/C=C/C/C=C/CCCCC(CC(=O)NC(CO)C(O)CCCCCCCCCCCCC)OC(=O)CCCCCCCCCCCCCCCCCCC. The van der Waals surface area contributed by atoms with Crippen molar-refractivity contribution in [3.8, 4) is 0 Å². The molecule has 0 fully saturated rings. The van der Waals surface area contributed by atoms with E-state index < -0.39 is 18.2 Å². The Morgan fingerprint density at radius 3 is 1.37 bits per heavy atom. The summed E-state index contributed by atoms with van der Waals surface area (Å²) in [6.07, 6.45) is 55.0. The van der Waals surface area contributed by atoms with E-state index in [0.717, 1.165) is 77.0 Å². The molecule has 0 aromatic carbocycles. The summed E-state index contributed by atoms with van der Waals surface area (Å²) in [4.78, 5) is 26.1. The van der Waals surface area contributed by atoms with Gasteiger partial charge in [0.05, 0.1) is 25.2 Å². The average molecular weight is 830 g/mol. The van der Waals surface area contributed by atoms with Crippen LogP contribution in [0.2, 0.25) is 0 Å². The summed E-state index contributed by atoms with van der Waals surface area (Å²) < 4.78 is 5.91. The monoisotopic (exact) mass is 830 g/mol. The molecule has 0 saturated heterocycles. The van der Waals surface area contributed by atoms with E-state index in [9.17, 15) is 19.8 Å². The summed E-state index contributed by atoms with van der Waals surface area (Å²) in [6.45, 7) is 6.36. The summed E-state index contributed by atoms with van der Waals surface area (Å²) in [7, 11) is 0. The van der Waals surface area contributed by atoms with E-state index >= 15 is 0 Å². The van der Waals surface area contributed by atoms with E-state index in [1.165, 1.54) is 141 Å². The first-order valence-electron chi connectivity index (χ1n) is 25.7. The molecule has 6 heteroatoms. The smallest absolute Gasteiger partial charge is 0.306 e. The molecule has 3 N–H and O–H groups in total. The molecule has 6 nitrogen and oxygen atoms in total. The van der Waals surface area contributed by atoms with Gasteiger partial charge in [-0.2, -0.15) is 0 Å². The Morgan fingerprint density at radius 2 is 0.915 bits per heavy atom. The van der Waals surface area contributed by atoms with E-state index in [-0.39, 0.29) is 24.9 Å². The van der Waals surface area contributed by atoms with Gasteiger partial charge in [0, 0.05) is 6.42 Å². The molecule has 3 atom stereocenters. The van der Waals surface area contributed by atoms with Gasteiger partial charge in [0.25, 0.3) is 0 Å². The molecule has 0 rings (SSSR count). The summed E-state index contributed by atoms with van der Waals surface area (Å²) >= 11 is 0. The second-order valence-corrected chi connectivity index (χ2v) is 17.5. The van der Waals surface area contributed by atoms with Crippen LogP contribution in [-0.2, 0) is 14.3 Å². The number of hydrogen-bond acceptors (Lipinski definition) is 5. The van der Waals surface area contributed by atoms with Crippen LogP contribution in [0.15, 0.2) is 36.5 Å². The lowest BCUT2D eigenvalue weighted by atomic mass is 10.0. The molecule has 0 aromatic heterocycles. The number of esters is 1. The Balaban J connectivity index is 4.54. The van der Waals surface area contributed by atoms with E-state index in [4.69, 9.17) is 4.74 Å². The molecule has 0 aliphatic heterocycles. The quantitative estimate of drug-likeness (QED) is 0.0323. The number of amides is 1. The predicted molar refractivity (Wildman–Crippen MR) is 255 cm³/mol. The van der Waals surface area contributed by atoms with Crippen LogP contribution in [0.3, 0.4) is 0 Å². The molecule has 0 spiro atoms. The molecule has 0 aliphatic rings. The van der Waals surface area contributed by atoms with Crippen LogP contribution in [0.25, 0.3) is 0 Å². The Labute approximate surface area is 366 Å². The van der Waals surface area contributed by atoms with Gasteiger partial charge in [-0.3, -0.25) is 9.59 Å². The maximum absolute atomic E-state index is 13.2. The Bertz CT molecular complexity index is 977. The van der Waals surface area contributed by atoms with Gasteiger partial charge in [-0.15, -0.1) is 0 Å². The number of nitrogens with one attached hydrogen (secondary N) is 1. The number of aliphatic hydroxyl groups is 2. The van der Waals surface area contributed by atoms with Crippen LogP contribution >= 0.6 is 0 Å². The standard InChI is InChI=1S/C53H99NO5/c1-4-7-10-13-16-19-22-24-25-26-27-28-31-34-37-40-43-46-53(58)59-49(44-41-38-35-32-30-23-20-17-14-11-8-5-2)47-52(57)54-50(48-55)51(56)45-42-39-36-33-29-21-18-15-12-9-6-3/h8,11,17,20,30,32,49-51,55-56H,4-7,9-10,12-16,18-19,21-29,31,33-48H2,1-3H3,(H,54,57)/b11-8+,20-17+,32-30+. The summed E-state index contributed by atoms with van der Waals surface area (Å²) in [6, 6.07) is -0.710. The van der Waals surface area contributed by atoms with E-state index in [2.05, 4.69) is 62.5 Å². The van der Waals surface area contributed by atoms with E-state index in [1.54, 1.807) is 0 Å². The maximum Gasteiger partial charge on any atom is 0.306 e. The van der Waals surface area contributed by atoms with Crippen LogP contribution in [0, 0.1) is 0 Å². The molecule has 0 radical (unpaired) electrons. The van der Waals surface area contributed by atoms with Crippen molar-refractivity contribution in [1.82, 2.24) is 5.32 Å². The number of hydrogen-bond donors (Lipinski definition) is 3. The third kappa shape index (κ3) is 42.6. The number of carbonyl (C=O) groups excluding carboxylic acids is 2. The first kappa shape index (κ1) is 57.1. The van der Waals surface area contributed by atoms with Crippen LogP contribution < -0.4 is 5.32 Å². The summed E-state index contributed by atoms with van der Waals surface area (Å²) in [5.41, 5.74) is 0. The zero-order valence-electron chi connectivity index (χ0n) is 39.4. The zero-order chi connectivity index (χ0) is 43.1. The minimum absolute atomic E-state index is 0.0551. The number of carbonyl (C=O) groups is 2. The average Bonchev–Trinajstić information content (AvgIpc) is 3.23. The van der Waals surface area contributed by atoms with Crippen molar-refractivity contribution < 1.29 is 24.5 Å². The minimum atomic E-state index is -0.794. The molecule has 346 valence electrons. The molecule has 1 amide bonds. The van der Waals surface area contributed by atoms with Gasteiger partial charge >= 0.3 is 5.97 Å². The van der Waals surface area contributed by atoms with Crippen molar-refractivity contribution in [3.63, 3.8) is 0 Å². The third-order valence-corrected chi connectivity index (χ3v) is 11.7. The minimum Gasteiger partial charge on any atom is -0.462 e. The lowest BCUT2D eigenvalue weighted by molar-refractivity contribution is -0.151. The Hall–Kier alpha value is -1.92. The number of ether oxygens (including phenoxy) is 1. The lowest BCUT2D eigenvalue weighted by Crippen LogP contribution is -2.46. The van der Waals surface area contributed by atoms with Gasteiger partial charge in [0.15, 0.2) is 0 Å². The predicted octanol–water partition coefficient (Wildman–Crippen LogP) is 15.3. The van der Waals surface area contributed by atoms with Crippen molar-refractivity contribution in [2.45, 2.75) is 283 Å². The van der Waals surface area contributed by atoms with Gasteiger partial charge in [0.1, 0.15) is 6.10 Å². The molecule has 3 unspecified atom stereocenters. The molecule has 0 aromatic rings. The van der Waals surface area contributed by atoms with Crippen LogP contribution in [0.5, 0.6) is 0 Å². The van der Waals surface area contributed by atoms with Crippen LogP contribution in [0.4, 0.5) is 0 Å². The van der Waals surface area contributed by atoms with Crippen molar-refractivity contribution in [2.75, 3.05) is 6.61 Å². The second-order valence-electron chi connectivity index (χ2n) is 17.5. The van der Waals surface area contributed by atoms with Crippen molar-refractivity contribution >= 4 is 11.9 Å². The number of unbranched alkanes of at least 4 members (excludes halogenated alkanes) is 28. The second kappa shape index (κ2) is 47.1. The van der Waals surface area contributed by atoms with Crippen LogP contribution in [0.1, 0.15) is 265 Å². The highest BCUT2D eigenvalue weighted by Crippen LogP contribution is 2.18. The fourth-order valence-electron chi connectivity index (χ4n) is 7.86. The molecule has 0 bridgehead atoms. The van der Waals surface area contributed by atoms with E-state index in [0.29, 0.717) is 19.3 Å². The Kier molecular flexibility index (Phi) is 45.6. The molecular weight excluding hydrogens is 731 g/mol. The highest BCUT2D eigenvalue weighted by atomic mass is 16.5. The van der Waals surface area contributed by atoms with E-state index in [1.807, 2.05) is 0 Å². The van der Waals surface area contributed by atoms with Gasteiger partial charge in [-0.25, -0.2) is 0 Å². The molecule has 0 saturated carbocycles. The first-order valence-corrected chi connectivity index (χ1v) is 25.7. The van der Waals surface area contributed by atoms with Gasteiger partial charge < -0.3 is 20.3 Å². The largest absolute Gasteiger partial charge is 0.462 e. The van der Waals surface area contributed by atoms with Gasteiger partial charge in [0.2, 0.25) is 5.91 Å². The number of aliphatic hydroxyl groups excluding tert-OH is 2. The van der Waals surface area contributed by atoms with Crippen molar-refractivity contribution in [1.29, 1.82) is 0 Å². The number of allylic oxidation sites excluding steroid dienone is 6. The Morgan fingerprint density at radius 1 is 0.508 bits per heavy atom. The summed E-state index contributed by atoms with van der Waals surface area (Å²) in [5.74, 6) is -0.502. The molecule has 59 heavy (non-hydrogen) atoms. The highest BCUT2D eigenvalue weighted by molar-refractivity contribution is 5.77. The molecule has 0 aliphatic carbocycles. The van der Waals surface area contributed by atoms with Crippen LogP contribution in [-0.4, -0.2) is 46.9 Å². The maximum atomic E-state index is 13.2. The first-order chi connectivity index (χ1) is 29.0. The molecule has 0 heterocycles. The highest BCUT2D eigenvalue weighted by Gasteiger charge is 2.24. The zero-order valence-corrected chi connectivity index (χ0v) is 39.4.